The average molecular weight is 1260 g/mol. The number of carboxylic acids is 1. The Morgan fingerprint density at radius 1 is 0.694 bits per heavy atom. The van der Waals surface area contributed by atoms with E-state index in [0.717, 1.165) is 45.3 Å². The van der Waals surface area contributed by atoms with E-state index in [-0.39, 0.29) is 51.5 Å². The van der Waals surface area contributed by atoms with E-state index in [1.165, 1.54) is 55.8 Å². The molecule has 7 aromatic heterocycles. The number of aryl methyl sites for hydroxylation is 1. The number of hydrogen-bond donors (Lipinski definition) is 9. The molecule has 10 N–H and O–H groups in total. The normalized spacial score (nSPS) is 19.5. The predicted molar refractivity (Wildman–Crippen MR) is 316 cm³/mol. The summed E-state index contributed by atoms with van der Waals surface area (Å²) in [6, 6.07) is 13.5. The minimum absolute atomic E-state index is 0.0126. The largest absolute Gasteiger partial charge is 0.508 e. The molecule has 7 atom stereocenters. The molecule has 30 heteroatoms. The molecule has 1 fully saturated rings. The lowest BCUT2D eigenvalue weighted by atomic mass is 10.00. The van der Waals surface area contributed by atoms with E-state index in [2.05, 4.69) is 36.2 Å². The van der Waals surface area contributed by atoms with Gasteiger partial charge >= 0.3 is 5.97 Å². The Morgan fingerprint density at radius 2 is 1.34 bits per heavy atom. The molecule has 0 radical (unpaired) electrons. The molecule has 2 aromatic carbocycles. The fourth-order valence-electron chi connectivity index (χ4n) is 9.55. The van der Waals surface area contributed by atoms with Crippen molar-refractivity contribution in [2.45, 2.75) is 63.1 Å². The highest BCUT2D eigenvalue weighted by molar-refractivity contribution is 7.15. The third-order valence-electron chi connectivity index (χ3n) is 13.8. The van der Waals surface area contributed by atoms with Crippen LogP contribution in [0.2, 0.25) is 0 Å². The van der Waals surface area contributed by atoms with Crippen LogP contribution in [0.4, 0.5) is 0 Å². The number of carboxylic acid groups (broad SMARTS) is 1. The molecular formula is C55H47N13O11S6. The van der Waals surface area contributed by atoms with Crippen molar-refractivity contribution in [3.8, 4) is 49.1 Å². The van der Waals surface area contributed by atoms with Gasteiger partial charge in [0.25, 0.3) is 23.6 Å². The number of carbonyl (C=O) groups excluding carboxylic acids is 6. The summed E-state index contributed by atoms with van der Waals surface area (Å²) in [5.41, 5.74) is 8.25. The number of hydrogen-bond acceptors (Lipinski definition) is 23. The van der Waals surface area contributed by atoms with Crippen molar-refractivity contribution in [2.24, 2.45) is 11.7 Å². The fourth-order valence-corrected chi connectivity index (χ4v) is 14.9. The molecule has 0 unspecified atom stereocenters. The highest BCUT2D eigenvalue weighted by Crippen LogP contribution is 2.43. The van der Waals surface area contributed by atoms with Crippen molar-refractivity contribution in [3.63, 3.8) is 0 Å². The number of primary amides is 1. The number of nitrogens with zero attached hydrogens (tertiary/aromatic N) is 8. The van der Waals surface area contributed by atoms with Crippen LogP contribution in [-0.2, 0) is 20.8 Å². The lowest BCUT2D eigenvalue weighted by Gasteiger charge is -2.29. The van der Waals surface area contributed by atoms with Gasteiger partial charge in [-0.15, -0.1) is 68.0 Å². The summed E-state index contributed by atoms with van der Waals surface area (Å²) in [5, 5.41) is 63.3. The maximum Gasteiger partial charge on any atom is 0.322 e. The Hall–Kier alpha value is -8.62. The van der Waals surface area contributed by atoms with Crippen molar-refractivity contribution >= 4 is 109 Å². The minimum Gasteiger partial charge on any atom is -0.508 e. The van der Waals surface area contributed by atoms with Crippen LogP contribution >= 0.6 is 68.0 Å². The lowest BCUT2D eigenvalue weighted by Crippen LogP contribution is -2.50. The second-order valence-electron chi connectivity index (χ2n) is 19.6. The van der Waals surface area contributed by atoms with E-state index in [1.807, 2.05) is 0 Å². The summed E-state index contributed by atoms with van der Waals surface area (Å²) in [7, 11) is 0. The fraction of sp³-hybridized carbons (Fsp3) is 0.236. The number of nitrogens with two attached hydrogens (primary N) is 1. The summed E-state index contributed by atoms with van der Waals surface area (Å²) in [5.74, 6) is -6.04. The molecule has 1 saturated heterocycles. The van der Waals surface area contributed by atoms with Crippen LogP contribution in [0.3, 0.4) is 0 Å². The number of pyridine rings is 1. The minimum atomic E-state index is -1.42. The maximum atomic E-state index is 15.1. The Kier molecular flexibility index (Phi) is 16.8. The molecule has 9 aromatic rings. The number of phenols is 1. The van der Waals surface area contributed by atoms with Crippen LogP contribution in [0.25, 0.3) is 43.4 Å². The maximum absolute atomic E-state index is 15.1. The van der Waals surface area contributed by atoms with Gasteiger partial charge in [0.05, 0.1) is 30.3 Å². The summed E-state index contributed by atoms with van der Waals surface area (Å²) in [6.07, 6.45) is -2.87. The molecule has 0 spiro atoms. The van der Waals surface area contributed by atoms with Gasteiger partial charge in [-0.25, -0.2) is 34.9 Å². The molecule has 24 nitrogen and oxygen atoms in total. The highest BCUT2D eigenvalue weighted by atomic mass is 32.1. The SMILES string of the molecule is Cc1sc2nc1C(=O)N[C@@H]([C@H](O)c1ccccc1)c1nc(cs1)C(=O)N[C@@H](Cc1ccc(O)cc1)C(=O)N1C[C@H](O)[C@H](C)[C@@H]1c1nc(cs1)-c1nc(cs1)-c1nc(-c3nc(C(=O)NCC(=O)O)cs3)ccc1-c1nc(cs1)C(=O)N[C@H]2CC(N)=O. The van der Waals surface area contributed by atoms with E-state index in [1.54, 1.807) is 79.2 Å². The Morgan fingerprint density at radius 3 is 2.09 bits per heavy atom. The quantitative estimate of drug-likeness (QED) is 0.0746. The van der Waals surface area contributed by atoms with E-state index >= 15 is 4.79 Å². The topological polar surface area (TPSA) is 368 Å². The van der Waals surface area contributed by atoms with Crippen molar-refractivity contribution in [1.29, 1.82) is 0 Å². The van der Waals surface area contributed by atoms with Crippen LogP contribution in [-0.4, -0.2) is 127 Å². The zero-order valence-electron chi connectivity index (χ0n) is 44.4. The first-order valence-corrected chi connectivity index (χ1v) is 31.0. The van der Waals surface area contributed by atoms with Gasteiger partial charge in [0.2, 0.25) is 11.8 Å². The smallest absolute Gasteiger partial charge is 0.322 e. The summed E-state index contributed by atoms with van der Waals surface area (Å²) in [4.78, 5) is 130. The summed E-state index contributed by atoms with van der Waals surface area (Å²) >= 11 is 6.70. The first kappa shape index (κ1) is 58.2. The van der Waals surface area contributed by atoms with Gasteiger partial charge in [0, 0.05) is 56.2 Å². The number of thiazole rings is 6. The molecule has 2 aliphatic heterocycles. The second-order valence-corrected chi connectivity index (χ2v) is 25.2. The van der Waals surface area contributed by atoms with Gasteiger partial charge in [0.15, 0.2) is 0 Å². The molecule has 0 saturated carbocycles. The van der Waals surface area contributed by atoms with Crippen molar-refractivity contribution < 1.29 is 54.0 Å². The van der Waals surface area contributed by atoms with Crippen LogP contribution in [0.5, 0.6) is 5.75 Å². The van der Waals surface area contributed by atoms with Gasteiger partial charge < -0.3 is 52.3 Å². The first-order chi connectivity index (χ1) is 40.8. The number of aromatic nitrogens is 7. The standard InChI is InChI=1S/C55H47N13O11S6/c1-23-37(70)17-68-43(23)54-65-36(22-84-54)51-61-32(18-81-51)41-28(12-13-29(58-41)50-63-33(19-82-50)45(75)57-16-39(72)73)49-62-34(20-80-49)46(76)59-30(15-38(56)71)52-67-40(24(2)85-52)48(78)66-42(44(74)26-6-4-3-5-7-26)53-64-35(21-83-53)47(77)60-31(55(68)79)14-25-8-10-27(69)11-9-25/h3-13,18-23,30-31,37,42-44,69-70,74H,14-17H2,1-2H3,(H2,56,71)(H,57,75)(H,59,76)(H,60,77)(H,66,78)(H,72,73)/t23-,30-,31-,37-,42-,43+,44+/m0/s1. The summed E-state index contributed by atoms with van der Waals surface area (Å²) < 4.78 is 0. The van der Waals surface area contributed by atoms with Crippen molar-refractivity contribution in [3.05, 3.63) is 147 Å². The van der Waals surface area contributed by atoms with E-state index in [4.69, 9.17) is 30.8 Å². The van der Waals surface area contributed by atoms with Gasteiger partial charge in [0.1, 0.15) is 100 Å². The summed E-state index contributed by atoms with van der Waals surface area (Å²) in [6.45, 7) is 2.70. The van der Waals surface area contributed by atoms with Crippen LogP contribution in [0, 0.1) is 12.8 Å². The third-order valence-corrected chi connectivity index (χ3v) is 19.4. The molecular weight excluding hydrogens is 1210 g/mol. The highest BCUT2D eigenvalue weighted by Gasteiger charge is 2.45. The number of nitrogens with one attached hydrogen (secondary N) is 4. The number of aromatic hydroxyl groups is 1. The van der Waals surface area contributed by atoms with E-state index in [0.29, 0.717) is 64.4 Å². The molecule has 85 heavy (non-hydrogen) atoms. The molecule has 9 heterocycles. The number of carbonyl (C=O) groups is 7. The third kappa shape index (κ3) is 12.5. The Balaban J connectivity index is 1.01. The second kappa shape index (κ2) is 24.5. The number of rotatable bonds is 10. The molecule has 2 aliphatic rings. The molecule has 10 bridgehead atoms. The number of aliphatic hydroxyl groups is 2. The first-order valence-electron chi connectivity index (χ1n) is 25.8. The average Bonchev–Trinajstić information content (AvgIpc) is 2.43. The molecule has 11 rings (SSSR count). The Bertz CT molecular complexity index is 4050. The predicted octanol–water partition coefficient (Wildman–Crippen LogP) is 6.10. The number of amides is 6. The van der Waals surface area contributed by atoms with E-state index < -0.39 is 96.7 Å². The zero-order valence-corrected chi connectivity index (χ0v) is 49.3. The number of aliphatic hydroxyl groups excluding tert-OH is 2. The number of benzene rings is 2. The van der Waals surface area contributed by atoms with Crippen LogP contribution in [0.15, 0.2) is 93.6 Å². The number of aliphatic carboxylic acids is 1. The zero-order chi connectivity index (χ0) is 59.8. The number of phenolic OH excluding ortho intramolecular Hbond substituents is 1. The van der Waals surface area contributed by atoms with E-state index in [9.17, 15) is 44.1 Å². The molecule has 6 amide bonds. The molecule has 0 aliphatic carbocycles. The van der Waals surface area contributed by atoms with Gasteiger partial charge in [-0.1, -0.05) is 49.4 Å². The van der Waals surface area contributed by atoms with Crippen LogP contribution < -0.4 is 27.0 Å². The van der Waals surface area contributed by atoms with Crippen molar-refractivity contribution in [1.82, 2.24) is 61.1 Å². The van der Waals surface area contributed by atoms with Gasteiger partial charge in [-0.3, -0.25) is 33.6 Å². The van der Waals surface area contributed by atoms with Crippen LogP contribution in [0.1, 0.15) is 111 Å². The number of fused-ring (bicyclic) bond motifs is 16. The monoisotopic (exact) mass is 1260 g/mol. The van der Waals surface area contributed by atoms with Gasteiger partial charge in [-0.2, -0.15) is 0 Å². The van der Waals surface area contributed by atoms with Gasteiger partial charge in [-0.05, 0) is 42.3 Å². The van der Waals surface area contributed by atoms with Crippen molar-refractivity contribution in [2.75, 3.05) is 13.1 Å². The molecule has 434 valence electrons. The Labute approximate surface area is 505 Å². The lowest BCUT2D eigenvalue weighted by molar-refractivity contribution is -0.136.